The van der Waals surface area contributed by atoms with Gasteiger partial charge in [-0.2, -0.15) is 0 Å². The average molecular weight is 571 g/mol. The summed E-state index contributed by atoms with van der Waals surface area (Å²) < 4.78 is 41.4. The van der Waals surface area contributed by atoms with Crippen molar-refractivity contribution in [3.05, 3.63) is 96.1 Å². The standard InChI is InChI=1S/C34H50O7/c1-5-35-31(36-6-2)23-15-17-25-33(39-27-29-19-11-9-12-20-29)41-34(40-28-30-21-13-10-14-22-30)26-18-16-24-32(37-7-3)38-8-4/h9-14,17-22,25-26,31-34H,5-8,15-16,23-24,27-28H2,1-4H3. The molecule has 0 aliphatic carbocycles. The third-order valence-electron chi connectivity index (χ3n) is 5.92. The van der Waals surface area contributed by atoms with E-state index in [1.54, 1.807) is 0 Å². The van der Waals surface area contributed by atoms with Crippen LogP contribution in [0.4, 0.5) is 0 Å². The van der Waals surface area contributed by atoms with Gasteiger partial charge in [0.1, 0.15) is 0 Å². The lowest BCUT2D eigenvalue weighted by Crippen LogP contribution is -2.24. The molecule has 2 aromatic rings. The molecule has 2 unspecified atom stereocenters. The Labute approximate surface area is 247 Å². The maximum absolute atomic E-state index is 6.36. The molecule has 7 nitrogen and oxygen atoms in total. The Morgan fingerprint density at radius 3 is 1.22 bits per heavy atom. The van der Waals surface area contributed by atoms with Gasteiger partial charge < -0.3 is 33.2 Å². The second-order valence-electron chi connectivity index (χ2n) is 9.16. The van der Waals surface area contributed by atoms with E-state index in [2.05, 4.69) is 0 Å². The van der Waals surface area contributed by atoms with Crippen LogP contribution in [0.3, 0.4) is 0 Å². The van der Waals surface area contributed by atoms with Gasteiger partial charge in [0.25, 0.3) is 0 Å². The van der Waals surface area contributed by atoms with Gasteiger partial charge in [-0.1, -0.05) is 72.8 Å². The zero-order valence-electron chi connectivity index (χ0n) is 25.3. The van der Waals surface area contributed by atoms with Crippen LogP contribution in [0.15, 0.2) is 85.0 Å². The first-order chi connectivity index (χ1) is 20.2. The van der Waals surface area contributed by atoms with Crippen LogP contribution >= 0.6 is 0 Å². The maximum atomic E-state index is 6.36. The zero-order chi connectivity index (χ0) is 29.4. The van der Waals surface area contributed by atoms with Crippen LogP contribution < -0.4 is 0 Å². The van der Waals surface area contributed by atoms with Crippen molar-refractivity contribution in [3.8, 4) is 0 Å². The van der Waals surface area contributed by atoms with Crippen LogP contribution in [-0.2, 0) is 46.4 Å². The first kappa shape index (κ1) is 34.8. The molecule has 0 spiro atoms. The first-order valence-electron chi connectivity index (χ1n) is 14.9. The van der Waals surface area contributed by atoms with E-state index >= 15 is 0 Å². The van der Waals surface area contributed by atoms with Crippen molar-refractivity contribution in [3.63, 3.8) is 0 Å². The summed E-state index contributed by atoms with van der Waals surface area (Å²) in [4.78, 5) is 0. The van der Waals surface area contributed by atoms with Crippen molar-refractivity contribution in [2.75, 3.05) is 26.4 Å². The molecule has 0 bridgehead atoms. The molecular formula is C34H50O7. The van der Waals surface area contributed by atoms with Crippen LogP contribution in [0.25, 0.3) is 0 Å². The molecule has 2 rings (SSSR count). The number of benzene rings is 2. The molecule has 0 N–H and O–H groups in total. The van der Waals surface area contributed by atoms with E-state index in [1.165, 1.54) is 0 Å². The molecule has 2 atom stereocenters. The number of allylic oxidation sites excluding steroid dienone is 2. The van der Waals surface area contributed by atoms with Gasteiger partial charge in [0, 0.05) is 39.3 Å². The van der Waals surface area contributed by atoms with Crippen LogP contribution in [-0.4, -0.2) is 51.6 Å². The predicted octanol–water partition coefficient (Wildman–Crippen LogP) is 7.56. The maximum Gasteiger partial charge on any atom is 0.180 e. The fourth-order valence-electron chi connectivity index (χ4n) is 3.97. The molecule has 2 aromatic carbocycles. The van der Waals surface area contributed by atoms with Crippen molar-refractivity contribution < 1.29 is 33.2 Å². The van der Waals surface area contributed by atoms with Gasteiger partial charge in [-0.15, -0.1) is 0 Å². The summed E-state index contributed by atoms with van der Waals surface area (Å²) in [5.41, 5.74) is 2.13. The van der Waals surface area contributed by atoms with Gasteiger partial charge in [0.05, 0.1) is 13.2 Å². The molecule has 0 fully saturated rings. The van der Waals surface area contributed by atoms with Crippen molar-refractivity contribution in [1.82, 2.24) is 0 Å². The summed E-state index contributed by atoms with van der Waals surface area (Å²) in [6.45, 7) is 11.2. The van der Waals surface area contributed by atoms with Gasteiger partial charge in [-0.3, -0.25) is 0 Å². The van der Waals surface area contributed by atoms with Crippen molar-refractivity contribution in [1.29, 1.82) is 0 Å². The lowest BCUT2D eigenvalue weighted by molar-refractivity contribution is -0.215. The van der Waals surface area contributed by atoms with E-state index in [1.807, 2.05) is 113 Å². The number of ether oxygens (including phenoxy) is 7. The Hall–Kier alpha value is -2.36. The fourth-order valence-corrected chi connectivity index (χ4v) is 3.97. The molecule has 0 saturated carbocycles. The van der Waals surface area contributed by atoms with E-state index in [0.717, 1.165) is 36.8 Å². The predicted molar refractivity (Wildman–Crippen MR) is 162 cm³/mol. The Bertz CT molecular complexity index is 832. The van der Waals surface area contributed by atoms with E-state index in [9.17, 15) is 0 Å². The van der Waals surface area contributed by atoms with Crippen LogP contribution in [0, 0.1) is 0 Å². The number of hydrogen-bond donors (Lipinski definition) is 0. The lowest BCUT2D eigenvalue weighted by Gasteiger charge is -2.22. The zero-order valence-corrected chi connectivity index (χ0v) is 25.3. The minimum Gasteiger partial charge on any atom is -0.353 e. The van der Waals surface area contributed by atoms with Crippen molar-refractivity contribution in [2.24, 2.45) is 0 Å². The van der Waals surface area contributed by atoms with Crippen LogP contribution in [0.1, 0.15) is 64.5 Å². The van der Waals surface area contributed by atoms with Crippen molar-refractivity contribution in [2.45, 2.75) is 91.8 Å². The Morgan fingerprint density at radius 1 is 0.512 bits per heavy atom. The summed E-state index contributed by atoms with van der Waals surface area (Å²) in [5, 5.41) is 0. The second-order valence-corrected chi connectivity index (χ2v) is 9.16. The number of hydrogen-bond acceptors (Lipinski definition) is 7. The molecule has 0 aliphatic rings. The summed E-state index contributed by atoms with van der Waals surface area (Å²) in [7, 11) is 0. The van der Waals surface area contributed by atoms with Crippen LogP contribution in [0.5, 0.6) is 0 Å². The fraction of sp³-hybridized carbons (Fsp3) is 0.529. The Morgan fingerprint density at radius 2 is 0.878 bits per heavy atom. The minimum atomic E-state index is -0.613. The Balaban J connectivity index is 2.09. The summed E-state index contributed by atoms with van der Waals surface area (Å²) in [5.74, 6) is 0. The molecule has 228 valence electrons. The quantitative estimate of drug-likeness (QED) is 0.0953. The summed E-state index contributed by atoms with van der Waals surface area (Å²) in [6.07, 6.45) is 9.33. The van der Waals surface area contributed by atoms with E-state index < -0.39 is 12.6 Å². The van der Waals surface area contributed by atoms with E-state index in [-0.39, 0.29) is 12.6 Å². The van der Waals surface area contributed by atoms with Gasteiger partial charge >= 0.3 is 0 Å². The van der Waals surface area contributed by atoms with Gasteiger partial charge in [-0.25, -0.2) is 0 Å². The molecule has 0 aliphatic heterocycles. The molecule has 0 saturated heterocycles. The first-order valence-corrected chi connectivity index (χ1v) is 14.9. The monoisotopic (exact) mass is 570 g/mol. The highest BCUT2D eigenvalue weighted by atomic mass is 16.8. The van der Waals surface area contributed by atoms with E-state index in [0.29, 0.717) is 39.6 Å². The molecule has 41 heavy (non-hydrogen) atoms. The molecule has 0 heterocycles. The second kappa shape index (κ2) is 23.2. The smallest absolute Gasteiger partial charge is 0.180 e. The van der Waals surface area contributed by atoms with Gasteiger partial charge in [0.2, 0.25) is 0 Å². The molecular weight excluding hydrogens is 520 g/mol. The third-order valence-corrected chi connectivity index (χ3v) is 5.92. The molecule has 0 aromatic heterocycles. The highest BCUT2D eigenvalue weighted by molar-refractivity contribution is 5.14. The highest BCUT2D eigenvalue weighted by Crippen LogP contribution is 2.15. The summed E-state index contributed by atoms with van der Waals surface area (Å²) in [6, 6.07) is 20.1. The van der Waals surface area contributed by atoms with Gasteiger partial charge in [-0.05, 0) is 63.8 Å². The SMILES string of the molecule is CCOC(CCC=CC(OCc1ccccc1)OC(C=CCCC(OCC)OCC)OCc1ccccc1)OCC. The highest BCUT2D eigenvalue weighted by Gasteiger charge is 2.15. The summed E-state index contributed by atoms with van der Waals surface area (Å²) >= 11 is 0. The largest absolute Gasteiger partial charge is 0.353 e. The van der Waals surface area contributed by atoms with Crippen molar-refractivity contribution >= 4 is 0 Å². The third kappa shape index (κ3) is 16.6. The average Bonchev–Trinajstić information content (AvgIpc) is 3.00. The number of rotatable bonds is 24. The lowest BCUT2D eigenvalue weighted by atomic mass is 10.2. The normalized spacial score (nSPS) is 13.6. The topological polar surface area (TPSA) is 64.6 Å². The molecule has 0 amide bonds. The van der Waals surface area contributed by atoms with Crippen LogP contribution in [0.2, 0.25) is 0 Å². The molecule has 0 radical (unpaired) electrons. The van der Waals surface area contributed by atoms with E-state index in [4.69, 9.17) is 33.2 Å². The Kier molecular flexibility index (Phi) is 19.7. The molecule has 7 heteroatoms. The van der Waals surface area contributed by atoms with Gasteiger partial charge in [0.15, 0.2) is 25.2 Å². The minimum absolute atomic E-state index is 0.221.